The Labute approximate surface area is 102 Å². The van der Waals surface area contributed by atoms with Crippen LogP contribution in [0.5, 0.6) is 0 Å². The van der Waals surface area contributed by atoms with E-state index in [1.54, 1.807) is 17.3 Å². The van der Waals surface area contributed by atoms with Crippen LogP contribution in [0.2, 0.25) is 0 Å². The van der Waals surface area contributed by atoms with Gasteiger partial charge < -0.3 is 10.2 Å². The summed E-state index contributed by atoms with van der Waals surface area (Å²) in [4.78, 5) is 18.2. The zero-order valence-electron chi connectivity index (χ0n) is 10.4. The van der Waals surface area contributed by atoms with Crippen molar-refractivity contribution >= 4 is 11.6 Å². The second-order valence-corrected chi connectivity index (χ2v) is 4.91. The van der Waals surface area contributed by atoms with Crippen LogP contribution >= 0.6 is 0 Å². The van der Waals surface area contributed by atoms with Crippen LogP contribution in [0.25, 0.3) is 0 Å². The predicted molar refractivity (Wildman–Crippen MR) is 67.9 cm³/mol. The third-order valence-corrected chi connectivity index (χ3v) is 3.47. The fraction of sp³-hybridized carbons (Fsp3) is 0.538. The van der Waals surface area contributed by atoms with E-state index in [9.17, 15) is 4.79 Å². The first-order chi connectivity index (χ1) is 8.13. The lowest BCUT2D eigenvalue weighted by atomic mass is 9.81. The summed E-state index contributed by atoms with van der Waals surface area (Å²) in [7, 11) is 1.83. The molecule has 4 heteroatoms. The second-order valence-electron chi connectivity index (χ2n) is 4.91. The molecule has 4 nitrogen and oxygen atoms in total. The zero-order valence-corrected chi connectivity index (χ0v) is 10.4. The number of aromatic nitrogens is 1. The fourth-order valence-electron chi connectivity index (χ4n) is 2.33. The highest BCUT2D eigenvalue weighted by molar-refractivity contribution is 5.97. The molecule has 1 amide bonds. The lowest BCUT2D eigenvalue weighted by Crippen LogP contribution is -2.49. The Kier molecular flexibility index (Phi) is 3.43. The summed E-state index contributed by atoms with van der Waals surface area (Å²) in [6.07, 6.45) is 5.43. The normalized spacial score (nSPS) is 24.4. The van der Waals surface area contributed by atoms with Crippen LogP contribution in [-0.4, -0.2) is 31.0 Å². The summed E-state index contributed by atoms with van der Waals surface area (Å²) in [6.45, 7) is 3.82. The number of carbonyl (C=O) groups is 1. The van der Waals surface area contributed by atoms with Crippen molar-refractivity contribution in [2.75, 3.05) is 25.0 Å². The van der Waals surface area contributed by atoms with E-state index in [1.807, 2.05) is 26.1 Å². The van der Waals surface area contributed by atoms with E-state index >= 15 is 0 Å². The van der Waals surface area contributed by atoms with Crippen LogP contribution in [0, 0.1) is 5.41 Å². The van der Waals surface area contributed by atoms with Gasteiger partial charge in [-0.15, -0.1) is 0 Å². The molecular weight excluding hydrogens is 214 g/mol. The van der Waals surface area contributed by atoms with Gasteiger partial charge in [0.1, 0.15) is 0 Å². The Morgan fingerprint density at radius 2 is 2.18 bits per heavy atom. The molecule has 2 heterocycles. The Morgan fingerprint density at radius 1 is 1.47 bits per heavy atom. The summed E-state index contributed by atoms with van der Waals surface area (Å²) in [6, 6.07) is 3.72. The Balaban J connectivity index is 2.14. The number of pyridine rings is 1. The highest BCUT2D eigenvalue weighted by Crippen LogP contribution is 2.29. The number of anilines is 1. The molecule has 0 aromatic carbocycles. The lowest BCUT2D eigenvalue weighted by Gasteiger charge is -2.36. The molecular formula is C13H19N3O. The van der Waals surface area contributed by atoms with Crippen LogP contribution in [0.15, 0.2) is 24.5 Å². The maximum absolute atomic E-state index is 12.5. The SMILES string of the molecule is CN(C(=O)C1(C)CCCNC1)c1ccncc1. The van der Waals surface area contributed by atoms with E-state index in [-0.39, 0.29) is 11.3 Å². The van der Waals surface area contributed by atoms with Crippen LogP contribution in [0.1, 0.15) is 19.8 Å². The highest BCUT2D eigenvalue weighted by atomic mass is 16.2. The minimum Gasteiger partial charge on any atom is -0.316 e. The molecule has 1 N–H and O–H groups in total. The van der Waals surface area contributed by atoms with Crippen LogP contribution in [0.4, 0.5) is 5.69 Å². The molecule has 1 aromatic heterocycles. The molecule has 0 spiro atoms. The van der Waals surface area contributed by atoms with Crippen molar-refractivity contribution in [3.05, 3.63) is 24.5 Å². The average molecular weight is 233 g/mol. The van der Waals surface area contributed by atoms with Gasteiger partial charge in [-0.1, -0.05) is 0 Å². The number of nitrogens with one attached hydrogen (secondary N) is 1. The molecule has 1 fully saturated rings. The molecule has 2 rings (SSSR count). The van der Waals surface area contributed by atoms with Crippen LogP contribution in [-0.2, 0) is 4.79 Å². The maximum Gasteiger partial charge on any atom is 0.233 e. The first-order valence-corrected chi connectivity index (χ1v) is 6.02. The number of amides is 1. The van der Waals surface area contributed by atoms with E-state index < -0.39 is 0 Å². The summed E-state index contributed by atoms with van der Waals surface area (Å²) >= 11 is 0. The molecule has 1 saturated heterocycles. The van der Waals surface area contributed by atoms with E-state index in [4.69, 9.17) is 0 Å². The number of carbonyl (C=O) groups excluding carboxylic acids is 1. The molecule has 1 atom stereocenters. The van der Waals surface area contributed by atoms with Crippen molar-refractivity contribution in [1.82, 2.24) is 10.3 Å². The van der Waals surface area contributed by atoms with Gasteiger partial charge in [0.25, 0.3) is 0 Å². The van der Waals surface area contributed by atoms with Crippen LogP contribution < -0.4 is 10.2 Å². The van der Waals surface area contributed by atoms with Crippen molar-refractivity contribution in [3.63, 3.8) is 0 Å². The van der Waals surface area contributed by atoms with Gasteiger partial charge in [-0.2, -0.15) is 0 Å². The third-order valence-electron chi connectivity index (χ3n) is 3.47. The highest BCUT2D eigenvalue weighted by Gasteiger charge is 2.36. The molecule has 0 bridgehead atoms. The zero-order chi connectivity index (χ0) is 12.3. The Morgan fingerprint density at radius 3 is 2.76 bits per heavy atom. The fourth-order valence-corrected chi connectivity index (χ4v) is 2.33. The van der Waals surface area contributed by atoms with Crippen molar-refractivity contribution < 1.29 is 4.79 Å². The largest absolute Gasteiger partial charge is 0.316 e. The van der Waals surface area contributed by atoms with Gasteiger partial charge in [0.2, 0.25) is 5.91 Å². The molecule has 1 aliphatic heterocycles. The predicted octanol–water partition coefficient (Wildman–Crippen LogP) is 1.43. The molecule has 17 heavy (non-hydrogen) atoms. The van der Waals surface area contributed by atoms with E-state index in [1.165, 1.54) is 0 Å². The maximum atomic E-state index is 12.5. The first-order valence-electron chi connectivity index (χ1n) is 6.02. The summed E-state index contributed by atoms with van der Waals surface area (Å²) in [5.41, 5.74) is 0.618. The monoisotopic (exact) mass is 233 g/mol. The first kappa shape index (κ1) is 12.0. The van der Waals surface area contributed by atoms with Crippen molar-refractivity contribution in [2.45, 2.75) is 19.8 Å². The van der Waals surface area contributed by atoms with Gasteiger partial charge in [0, 0.05) is 31.7 Å². The van der Waals surface area contributed by atoms with E-state index in [0.29, 0.717) is 0 Å². The number of hydrogen-bond donors (Lipinski definition) is 1. The summed E-state index contributed by atoms with van der Waals surface area (Å²) in [5, 5.41) is 3.30. The second kappa shape index (κ2) is 4.84. The summed E-state index contributed by atoms with van der Waals surface area (Å²) in [5.74, 6) is 0.177. The molecule has 0 saturated carbocycles. The molecule has 0 aliphatic carbocycles. The third kappa shape index (κ3) is 2.47. The van der Waals surface area contributed by atoms with Gasteiger partial charge >= 0.3 is 0 Å². The standard InChI is InChI=1S/C13H19N3O/c1-13(6-3-7-15-10-13)12(17)16(2)11-4-8-14-9-5-11/h4-5,8-9,15H,3,6-7,10H2,1-2H3. The van der Waals surface area contributed by atoms with Gasteiger partial charge in [-0.25, -0.2) is 0 Å². The van der Waals surface area contributed by atoms with Crippen molar-refractivity contribution in [3.8, 4) is 0 Å². The van der Waals surface area contributed by atoms with E-state index in [0.717, 1.165) is 31.6 Å². The van der Waals surface area contributed by atoms with Gasteiger partial charge in [-0.05, 0) is 38.4 Å². The minimum absolute atomic E-state index is 0.177. The van der Waals surface area contributed by atoms with Crippen LogP contribution in [0.3, 0.4) is 0 Å². The topological polar surface area (TPSA) is 45.2 Å². The number of hydrogen-bond acceptors (Lipinski definition) is 3. The van der Waals surface area contributed by atoms with Gasteiger partial charge in [0.15, 0.2) is 0 Å². The minimum atomic E-state index is -0.281. The molecule has 1 aliphatic rings. The molecule has 1 unspecified atom stereocenters. The Bertz CT molecular complexity index is 385. The lowest BCUT2D eigenvalue weighted by molar-refractivity contribution is -0.128. The van der Waals surface area contributed by atoms with Gasteiger partial charge in [-0.3, -0.25) is 9.78 Å². The summed E-state index contributed by atoms with van der Waals surface area (Å²) < 4.78 is 0. The van der Waals surface area contributed by atoms with Gasteiger partial charge in [0.05, 0.1) is 5.41 Å². The van der Waals surface area contributed by atoms with Crippen molar-refractivity contribution in [1.29, 1.82) is 0 Å². The smallest absolute Gasteiger partial charge is 0.233 e. The number of nitrogens with zero attached hydrogens (tertiary/aromatic N) is 2. The molecule has 1 aromatic rings. The van der Waals surface area contributed by atoms with Crippen molar-refractivity contribution in [2.24, 2.45) is 5.41 Å². The average Bonchev–Trinajstić information content (AvgIpc) is 2.39. The number of piperidine rings is 1. The number of rotatable bonds is 2. The Hall–Kier alpha value is -1.42. The van der Waals surface area contributed by atoms with E-state index in [2.05, 4.69) is 10.3 Å². The molecule has 0 radical (unpaired) electrons. The quantitative estimate of drug-likeness (QED) is 0.840. The molecule has 92 valence electrons.